The van der Waals surface area contributed by atoms with E-state index < -0.39 is 0 Å². The first-order valence-corrected chi connectivity index (χ1v) is 10.9. The van der Waals surface area contributed by atoms with Crippen molar-refractivity contribution < 1.29 is 14.3 Å². The molecule has 0 saturated heterocycles. The SMILES string of the molecule is CCOC(=O)Cc1ccccc1OCc1nn(C2CC(C)C2)c2ccc(Br)cc12. The van der Waals surface area contributed by atoms with Crippen LogP contribution in [-0.4, -0.2) is 22.4 Å². The Morgan fingerprint density at radius 2 is 2.03 bits per heavy atom. The molecule has 1 fully saturated rings. The first kappa shape index (κ1) is 20.0. The Hall–Kier alpha value is -2.34. The van der Waals surface area contributed by atoms with E-state index in [0.717, 1.165) is 45.4 Å². The summed E-state index contributed by atoms with van der Waals surface area (Å²) in [6.07, 6.45) is 2.52. The highest BCUT2D eigenvalue weighted by molar-refractivity contribution is 9.10. The summed E-state index contributed by atoms with van der Waals surface area (Å²) in [4.78, 5) is 11.9. The third-order valence-corrected chi connectivity index (χ3v) is 5.91. The summed E-state index contributed by atoms with van der Waals surface area (Å²) in [5.74, 6) is 1.20. The Kier molecular flexibility index (Phi) is 5.90. The molecule has 0 radical (unpaired) electrons. The van der Waals surface area contributed by atoms with E-state index in [2.05, 4.69) is 45.7 Å². The lowest BCUT2D eigenvalue weighted by Gasteiger charge is -2.33. The molecule has 29 heavy (non-hydrogen) atoms. The van der Waals surface area contributed by atoms with Gasteiger partial charge in [0.15, 0.2) is 0 Å². The molecule has 0 amide bonds. The van der Waals surface area contributed by atoms with Gasteiger partial charge in [0.1, 0.15) is 18.1 Å². The van der Waals surface area contributed by atoms with Crippen molar-refractivity contribution in [1.82, 2.24) is 9.78 Å². The zero-order chi connectivity index (χ0) is 20.4. The van der Waals surface area contributed by atoms with Gasteiger partial charge in [-0.3, -0.25) is 9.48 Å². The van der Waals surface area contributed by atoms with Crippen LogP contribution < -0.4 is 4.74 Å². The second-order valence-electron chi connectivity index (χ2n) is 7.66. The Labute approximate surface area is 179 Å². The summed E-state index contributed by atoms with van der Waals surface area (Å²) in [5.41, 5.74) is 2.87. The number of hydrogen-bond donors (Lipinski definition) is 0. The van der Waals surface area contributed by atoms with Gasteiger partial charge in [0.2, 0.25) is 0 Å². The molecule has 0 unspecified atom stereocenters. The van der Waals surface area contributed by atoms with Crippen LogP contribution in [0.2, 0.25) is 0 Å². The molecule has 1 aliphatic carbocycles. The standard InChI is InChI=1S/C23H25BrN2O3/c1-3-28-23(27)12-16-6-4-5-7-22(16)29-14-20-19-13-17(24)8-9-21(19)26(25-20)18-10-15(2)11-18/h4-9,13,15,18H,3,10-12,14H2,1-2H3. The van der Waals surface area contributed by atoms with Crippen molar-refractivity contribution >= 4 is 32.8 Å². The van der Waals surface area contributed by atoms with Crippen molar-refractivity contribution in [2.45, 2.75) is 45.8 Å². The number of carbonyl (C=O) groups is 1. The van der Waals surface area contributed by atoms with Crippen molar-refractivity contribution in [3.8, 4) is 5.75 Å². The number of carbonyl (C=O) groups excluding carboxylic acids is 1. The number of rotatable bonds is 7. The maximum atomic E-state index is 11.9. The third kappa shape index (κ3) is 4.32. The van der Waals surface area contributed by atoms with E-state index in [1.54, 1.807) is 0 Å². The van der Waals surface area contributed by atoms with Crippen LogP contribution in [-0.2, 0) is 22.6 Å². The molecule has 152 valence electrons. The van der Waals surface area contributed by atoms with Gasteiger partial charge in [0.05, 0.1) is 24.6 Å². The highest BCUT2D eigenvalue weighted by atomic mass is 79.9. The van der Waals surface area contributed by atoms with Crippen molar-refractivity contribution in [1.29, 1.82) is 0 Å². The molecule has 0 N–H and O–H groups in total. The Balaban J connectivity index is 1.58. The molecule has 6 heteroatoms. The highest BCUT2D eigenvalue weighted by Gasteiger charge is 2.29. The summed E-state index contributed by atoms with van der Waals surface area (Å²) < 4.78 is 14.4. The summed E-state index contributed by atoms with van der Waals surface area (Å²) in [6.45, 7) is 4.81. The van der Waals surface area contributed by atoms with Crippen LogP contribution in [0, 0.1) is 5.92 Å². The Bertz CT molecular complexity index is 1020. The fourth-order valence-electron chi connectivity index (χ4n) is 3.93. The average molecular weight is 457 g/mol. The molecule has 1 aromatic heterocycles. The van der Waals surface area contributed by atoms with Gasteiger partial charge in [-0.05, 0) is 49.9 Å². The van der Waals surface area contributed by atoms with Gasteiger partial charge >= 0.3 is 5.97 Å². The van der Waals surface area contributed by atoms with Crippen molar-refractivity contribution in [3.63, 3.8) is 0 Å². The molecule has 0 aliphatic heterocycles. The maximum absolute atomic E-state index is 11.9. The summed E-state index contributed by atoms with van der Waals surface area (Å²) in [6, 6.07) is 14.3. The molecule has 0 atom stereocenters. The molecule has 3 aromatic rings. The first-order valence-electron chi connectivity index (χ1n) is 10.1. The van der Waals surface area contributed by atoms with Gasteiger partial charge in [-0.1, -0.05) is 41.1 Å². The van der Waals surface area contributed by atoms with Crippen molar-refractivity contribution in [2.24, 2.45) is 5.92 Å². The molecule has 1 heterocycles. The topological polar surface area (TPSA) is 53.4 Å². The quantitative estimate of drug-likeness (QED) is 0.443. The van der Waals surface area contributed by atoms with E-state index in [9.17, 15) is 4.79 Å². The number of aromatic nitrogens is 2. The number of nitrogens with zero attached hydrogens (tertiary/aromatic N) is 2. The molecule has 0 spiro atoms. The molecule has 4 rings (SSSR count). The fraction of sp³-hybridized carbons (Fsp3) is 0.391. The number of esters is 1. The molecule has 2 aromatic carbocycles. The average Bonchev–Trinajstić information content (AvgIpc) is 3.02. The number of halogens is 1. The molecular weight excluding hydrogens is 432 g/mol. The van der Waals surface area contributed by atoms with E-state index in [0.29, 0.717) is 25.0 Å². The predicted octanol–water partition coefficient (Wildman–Crippen LogP) is 5.45. The molecule has 1 saturated carbocycles. The smallest absolute Gasteiger partial charge is 0.310 e. The van der Waals surface area contributed by atoms with E-state index in [1.807, 2.05) is 31.2 Å². The summed E-state index contributed by atoms with van der Waals surface area (Å²) >= 11 is 3.57. The minimum absolute atomic E-state index is 0.199. The van der Waals surface area contributed by atoms with E-state index >= 15 is 0 Å². The minimum atomic E-state index is -0.249. The number of benzene rings is 2. The third-order valence-electron chi connectivity index (χ3n) is 5.42. The van der Waals surface area contributed by atoms with Gasteiger partial charge in [-0.25, -0.2) is 0 Å². The first-order chi connectivity index (χ1) is 14.0. The lowest BCUT2D eigenvalue weighted by atomic mass is 9.82. The van der Waals surface area contributed by atoms with Gasteiger partial charge in [0.25, 0.3) is 0 Å². The van der Waals surface area contributed by atoms with Crippen LogP contribution in [0.25, 0.3) is 10.9 Å². The van der Waals surface area contributed by atoms with Crippen LogP contribution in [0.1, 0.15) is 44.0 Å². The van der Waals surface area contributed by atoms with E-state index in [4.69, 9.17) is 14.6 Å². The van der Waals surface area contributed by atoms with Crippen LogP contribution in [0.4, 0.5) is 0 Å². The van der Waals surface area contributed by atoms with E-state index in [1.165, 1.54) is 0 Å². The maximum Gasteiger partial charge on any atom is 0.310 e. The summed E-state index contributed by atoms with van der Waals surface area (Å²) in [5, 5.41) is 6.00. The molecule has 5 nitrogen and oxygen atoms in total. The Morgan fingerprint density at radius 3 is 2.79 bits per heavy atom. The van der Waals surface area contributed by atoms with E-state index in [-0.39, 0.29) is 12.4 Å². The zero-order valence-electron chi connectivity index (χ0n) is 16.7. The monoisotopic (exact) mass is 456 g/mol. The number of para-hydroxylation sites is 1. The molecule has 0 bridgehead atoms. The second-order valence-corrected chi connectivity index (χ2v) is 8.58. The van der Waals surface area contributed by atoms with Crippen LogP contribution >= 0.6 is 15.9 Å². The van der Waals surface area contributed by atoms with Crippen LogP contribution in [0.5, 0.6) is 5.75 Å². The fourth-order valence-corrected chi connectivity index (χ4v) is 4.29. The van der Waals surface area contributed by atoms with Gasteiger partial charge < -0.3 is 9.47 Å². The van der Waals surface area contributed by atoms with Crippen LogP contribution in [0.3, 0.4) is 0 Å². The predicted molar refractivity (Wildman–Crippen MR) is 116 cm³/mol. The number of hydrogen-bond acceptors (Lipinski definition) is 4. The molecular formula is C23H25BrN2O3. The van der Waals surface area contributed by atoms with Crippen molar-refractivity contribution in [3.05, 3.63) is 58.2 Å². The number of fused-ring (bicyclic) bond motifs is 1. The van der Waals surface area contributed by atoms with Gasteiger partial charge in [0, 0.05) is 15.4 Å². The Morgan fingerprint density at radius 1 is 1.24 bits per heavy atom. The van der Waals surface area contributed by atoms with Gasteiger partial charge in [-0.15, -0.1) is 0 Å². The normalized spacial score (nSPS) is 18.4. The van der Waals surface area contributed by atoms with Gasteiger partial charge in [-0.2, -0.15) is 5.10 Å². The second kappa shape index (κ2) is 8.57. The van der Waals surface area contributed by atoms with Crippen LogP contribution in [0.15, 0.2) is 46.9 Å². The summed E-state index contributed by atoms with van der Waals surface area (Å²) in [7, 11) is 0. The lowest BCUT2D eigenvalue weighted by molar-refractivity contribution is -0.142. The number of ether oxygens (including phenoxy) is 2. The highest BCUT2D eigenvalue weighted by Crippen LogP contribution is 2.39. The van der Waals surface area contributed by atoms with Crippen molar-refractivity contribution in [2.75, 3.05) is 6.61 Å². The largest absolute Gasteiger partial charge is 0.487 e. The lowest BCUT2D eigenvalue weighted by Crippen LogP contribution is -2.25. The zero-order valence-corrected chi connectivity index (χ0v) is 18.3. The minimum Gasteiger partial charge on any atom is -0.487 e. The molecule has 1 aliphatic rings.